The van der Waals surface area contributed by atoms with Crippen molar-refractivity contribution in [3.63, 3.8) is 0 Å². The van der Waals surface area contributed by atoms with Gasteiger partial charge in [-0.3, -0.25) is 4.99 Å². The molecule has 0 bridgehead atoms. The molecule has 0 atom stereocenters. The molecule has 1 amide bonds. The maximum absolute atomic E-state index is 11.8. The van der Waals surface area contributed by atoms with Crippen molar-refractivity contribution in [1.29, 1.82) is 0 Å². The zero-order chi connectivity index (χ0) is 17.9. The van der Waals surface area contributed by atoms with E-state index in [1.54, 1.807) is 11.9 Å². The minimum absolute atomic E-state index is 0.170. The summed E-state index contributed by atoms with van der Waals surface area (Å²) in [4.78, 5) is 17.6. The van der Waals surface area contributed by atoms with Gasteiger partial charge in [0.2, 0.25) is 0 Å². The van der Waals surface area contributed by atoms with E-state index in [2.05, 4.69) is 4.99 Å². The van der Waals surface area contributed by atoms with E-state index < -0.39 is 0 Å². The highest BCUT2D eigenvalue weighted by atomic mass is 16.6. The molecule has 1 aliphatic carbocycles. The first kappa shape index (κ1) is 17.7. The molecule has 1 saturated heterocycles. The Hall–Kier alpha value is -2.08. The lowest BCUT2D eigenvalue weighted by molar-refractivity contribution is -0.0457. The number of nitrogens with two attached hydrogens (primary N) is 1. The van der Waals surface area contributed by atoms with Gasteiger partial charge in [-0.2, -0.15) is 0 Å². The summed E-state index contributed by atoms with van der Waals surface area (Å²) in [6.45, 7) is 4.00. The van der Waals surface area contributed by atoms with E-state index in [1.807, 2.05) is 31.2 Å². The summed E-state index contributed by atoms with van der Waals surface area (Å²) in [5.74, 6) is 0.539. The molecule has 3 rings (SSSR count). The number of carbonyl (C=O) groups excluding carboxylic acids is 1. The predicted octanol–water partition coefficient (Wildman–Crippen LogP) is 2.69. The Balaban J connectivity index is 1.48. The molecule has 1 spiro atoms. The number of ether oxygens (including phenoxy) is 2. The van der Waals surface area contributed by atoms with E-state index in [9.17, 15) is 4.79 Å². The lowest BCUT2D eigenvalue weighted by Gasteiger charge is -2.35. The fourth-order valence-electron chi connectivity index (χ4n) is 3.59. The second-order valence-electron chi connectivity index (χ2n) is 6.88. The third-order valence-corrected chi connectivity index (χ3v) is 5.24. The fraction of sp³-hybridized carbons (Fsp3) is 0.579. The molecule has 6 heteroatoms. The van der Waals surface area contributed by atoms with E-state index in [4.69, 9.17) is 15.2 Å². The molecule has 6 nitrogen and oxygen atoms in total. The lowest BCUT2D eigenvalue weighted by Crippen LogP contribution is -2.40. The van der Waals surface area contributed by atoms with Crippen LogP contribution >= 0.6 is 0 Å². The molecule has 1 heterocycles. The first-order valence-corrected chi connectivity index (χ1v) is 8.96. The van der Waals surface area contributed by atoms with Crippen LogP contribution in [-0.4, -0.2) is 48.7 Å². The molecule has 2 N–H and O–H groups in total. The molecular weight excluding hydrogens is 318 g/mol. The number of nitrogens with zero attached hydrogens (tertiary/aromatic N) is 2. The van der Waals surface area contributed by atoms with Gasteiger partial charge in [-0.1, -0.05) is 24.3 Å². The molecule has 1 aromatic rings. The number of hydrogen-bond acceptors (Lipinski definition) is 4. The van der Waals surface area contributed by atoms with Gasteiger partial charge in [-0.25, -0.2) is 4.79 Å². The zero-order valence-electron chi connectivity index (χ0n) is 15.0. The number of benzene rings is 1. The molecule has 2 aliphatic rings. The highest BCUT2D eigenvalue weighted by molar-refractivity contribution is 5.97. The van der Waals surface area contributed by atoms with Gasteiger partial charge in [-0.15, -0.1) is 0 Å². The van der Waals surface area contributed by atoms with Crippen LogP contribution in [0.3, 0.4) is 0 Å². The number of carbonyl (C=O) groups is 1. The van der Waals surface area contributed by atoms with Gasteiger partial charge in [0.05, 0.1) is 19.3 Å². The van der Waals surface area contributed by atoms with Crippen LogP contribution in [-0.2, 0) is 16.1 Å². The Bertz CT molecular complexity index is 634. The Labute approximate surface area is 149 Å². The normalized spacial score (nSPS) is 27.0. The average molecular weight is 345 g/mol. The maximum Gasteiger partial charge on any atom is 0.410 e. The first-order valence-electron chi connectivity index (χ1n) is 8.96. The summed E-state index contributed by atoms with van der Waals surface area (Å²) < 4.78 is 11.7. The zero-order valence-corrected chi connectivity index (χ0v) is 15.0. The van der Waals surface area contributed by atoms with E-state index in [0.29, 0.717) is 19.0 Å². The van der Waals surface area contributed by atoms with Crippen molar-refractivity contribution in [2.45, 2.75) is 50.9 Å². The second-order valence-corrected chi connectivity index (χ2v) is 6.88. The predicted molar refractivity (Wildman–Crippen MR) is 96.6 cm³/mol. The molecule has 25 heavy (non-hydrogen) atoms. The van der Waals surface area contributed by atoms with Crippen LogP contribution < -0.4 is 5.73 Å². The van der Waals surface area contributed by atoms with Gasteiger partial charge in [0, 0.05) is 19.2 Å². The Morgan fingerprint density at radius 3 is 2.60 bits per heavy atom. The quantitative estimate of drug-likeness (QED) is 0.657. The van der Waals surface area contributed by atoms with E-state index in [1.165, 1.54) is 0 Å². The van der Waals surface area contributed by atoms with E-state index in [-0.39, 0.29) is 17.8 Å². The molecule has 0 radical (unpaired) electrons. The number of hydrogen-bond donors (Lipinski definition) is 1. The molecule has 1 aromatic carbocycles. The van der Waals surface area contributed by atoms with Gasteiger partial charge in [0.25, 0.3) is 0 Å². The van der Waals surface area contributed by atoms with Crippen molar-refractivity contribution in [3.05, 3.63) is 35.4 Å². The van der Waals surface area contributed by atoms with Gasteiger partial charge >= 0.3 is 6.09 Å². The fourth-order valence-corrected chi connectivity index (χ4v) is 3.59. The topological polar surface area (TPSA) is 77.2 Å². The number of amides is 1. The van der Waals surface area contributed by atoms with Crippen LogP contribution in [0.4, 0.5) is 4.79 Å². The molecule has 136 valence electrons. The number of amidine groups is 1. The molecule has 1 aliphatic heterocycles. The summed E-state index contributed by atoms with van der Waals surface area (Å²) in [7, 11) is 1.68. The Morgan fingerprint density at radius 1 is 1.36 bits per heavy atom. The van der Waals surface area contributed by atoms with Crippen molar-refractivity contribution in [1.82, 2.24) is 4.90 Å². The molecule has 2 fully saturated rings. The molecule has 0 unspecified atom stereocenters. The monoisotopic (exact) mass is 345 g/mol. The summed E-state index contributed by atoms with van der Waals surface area (Å²) in [5, 5.41) is 0. The summed E-state index contributed by atoms with van der Waals surface area (Å²) in [6.07, 6.45) is 3.67. The van der Waals surface area contributed by atoms with Crippen LogP contribution in [0.2, 0.25) is 0 Å². The van der Waals surface area contributed by atoms with Crippen LogP contribution in [0.5, 0.6) is 0 Å². The van der Waals surface area contributed by atoms with Crippen LogP contribution in [0.15, 0.2) is 29.3 Å². The lowest BCUT2D eigenvalue weighted by atomic mass is 9.83. The van der Waals surface area contributed by atoms with Crippen molar-refractivity contribution in [2.24, 2.45) is 10.7 Å². The van der Waals surface area contributed by atoms with Crippen LogP contribution in [0, 0.1) is 0 Å². The van der Waals surface area contributed by atoms with Gasteiger partial charge in [0.15, 0.2) is 0 Å². The van der Waals surface area contributed by atoms with E-state index in [0.717, 1.165) is 43.4 Å². The van der Waals surface area contributed by atoms with E-state index >= 15 is 0 Å². The summed E-state index contributed by atoms with van der Waals surface area (Å²) >= 11 is 0. The van der Waals surface area contributed by atoms with Gasteiger partial charge in [0.1, 0.15) is 11.4 Å². The number of rotatable bonds is 5. The summed E-state index contributed by atoms with van der Waals surface area (Å²) in [6, 6.07) is 7.98. The minimum Gasteiger partial charge on any atom is -0.441 e. The van der Waals surface area contributed by atoms with Crippen molar-refractivity contribution < 1.29 is 14.3 Å². The van der Waals surface area contributed by atoms with Crippen molar-refractivity contribution in [3.8, 4) is 0 Å². The SMILES string of the molecule is CCN1CC2(CCC(OCc3ccc(C(N)=NC)cc3)CC2)OC1=O. The first-order chi connectivity index (χ1) is 12.0. The third-order valence-electron chi connectivity index (χ3n) is 5.24. The van der Waals surface area contributed by atoms with Gasteiger partial charge in [-0.05, 0) is 38.2 Å². The highest BCUT2D eigenvalue weighted by Gasteiger charge is 2.46. The average Bonchev–Trinajstić information content (AvgIpc) is 2.96. The van der Waals surface area contributed by atoms with Crippen molar-refractivity contribution >= 4 is 11.9 Å². The standard InChI is InChI=1S/C19H27N3O3/c1-3-22-13-19(25-18(22)23)10-8-16(9-11-19)24-12-14-4-6-15(7-5-14)17(20)21-2/h4-7,16H,3,8-13H2,1-2H3,(H2,20,21). The molecular formula is C19H27N3O3. The van der Waals surface area contributed by atoms with Gasteiger partial charge < -0.3 is 20.1 Å². The van der Waals surface area contributed by atoms with Crippen LogP contribution in [0.25, 0.3) is 0 Å². The minimum atomic E-state index is -0.286. The molecule has 0 aromatic heterocycles. The third kappa shape index (κ3) is 3.95. The van der Waals surface area contributed by atoms with Crippen LogP contribution in [0.1, 0.15) is 43.7 Å². The van der Waals surface area contributed by atoms with Crippen molar-refractivity contribution in [2.75, 3.05) is 20.1 Å². The Morgan fingerprint density at radius 2 is 2.04 bits per heavy atom. The number of aliphatic imine (C=N–C) groups is 1. The molecule has 1 saturated carbocycles. The second kappa shape index (κ2) is 7.44. The summed E-state index contributed by atoms with van der Waals surface area (Å²) in [5.41, 5.74) is 7.56. The largest absolute Gasteiger partial charge is 0.441 e. The highest BCUT2D eigenvalue weighted by Crippen LogP contribution is 2.38. The maximum atomic E-state index is 11.8. The smallest absolute Gasteiger partial charge is 0.410 e. The Kier molecular flexibility index (Phi) is 5.27. The number of likely N-dealkylation sites (N-methyl/N-ethyl adjacent to an activating group) is 1.